The maximum atomic E-state index is 5.71. The Labute approximate surface area is 91.2 Å². The summed E-state index contributed by atoms with van der Waals surface area (Å²) in [6.07, 6.45) is 3.66. The van der Waals surface area contributed by atoms with Gasteiger partial charge in [0.2, 0.25) is 0 Å². The van der Waals surface area contributed by atoms with Crippen LogP contribution in [0.3, 0.4) is 0 Å². The fraction of sp³-hybridized carbons (Fsp3) is 0.538. The molecule has 0 aromatic heterocycles. The Bertz CT molecular complexity index is 303. The van der Waals surface area contributed by atoms with Crippen molar-refractivity contribution in [2.75, 3.05) is 13.2 Å². The highest BCUT2D eigenvalue weighted by Crippen LogP contribution is 2.17. The van der Waals surface area contributed by atoms with E-state index in [2.05, 4.69) is 19.1 Å². The molecule has 1 unspecified atom stereocenters. The Morgan fingerprint density at radius 3 is 3.13 bits per heavy atom. The predicted octanol–water partition coefficient (Wildman–Crippen LogP) is 2.81. The molecular weight excluding hydrogens is 188 g/mol. The van der Waals surface area contributed by atoms with E-state index in [0.717, 1.165) is 25.2 Å². The van der Waals surface area contributed by atoms with Crippen molar-refractivity contribution in [3.8, 4) is 5.75 Å². The summed E-state index contributed by atoms with van der Waals surface area (Å²) in [6.45, 7) is 3.73. The van der Waals surface area contributed by atoms with Crippen molar-refractivity contribution < 1.29 is 9.47 Å². The van der Waals surface area contributed by atoms with Crippen LogP contribution in [0.5, 0.6) is 5.75 Å². The average Bonchev–Trinajstić information content (AvgIpc) is 2.79. The van der Waals surface area contributed by atoms with E-state index in [9.17, 15) is 0 Å². The molecular formula is C13H18O2. The van der Waals surface area contributed by atoms with Gasteiger partial charge in [-0.15, -0.1) is 0 Å². The summed E-state index contributed by atoms with van der Waals surface area (Å²) >= 11 is 0. The minimum atomic E-state index is 0.301. The first-order valence-corrected chi connectivity index (χ1v) is 5.72. The highest BCUT2D eigenvalue weighted by Gasteiger charge is 2.15. The first-order chi connectivity index (χ1) is 7.38. The highest BCUT2D eigenvalue weighted by molar-refractivity contribution is 5.28. The molecule has 0 bridgehead atoms. The molecule has 0 spiro atoms. The van der Waals surface area contributed by atoms with Crippen molar-refractivity contribution in [3.63, 3.8) is 0 Å². The molecule has 1 aromatic carbocycles. The van der Waals surface area contributed by atoms with Gasteiger partial charge in [-0.25, -0.2) is 0 Å². The summed E-state index contributed by atoms with van der Waals surface area (Å²) in [6, 6.07) is 8.28. The average molecular weight is 206 g/mol. The molecule has 1 fully saturated rings. The fourth-order valence-corrected chi connectivity index (χ4v) is 1.82. The van der Waals surface area contributed by atoms with Crippen molar-refractivity contribution in [1.29, 1.82) is 0 Å². The van der Waals surface area contributed by atoms with E-state index in [1.54, 1.807) is 0 Å². The van der Waals surface area contributed by atoms with E-state index in [1.807, 2.05) is 12.1 Å². The number of aryl methyl sites for hydroxylation is 1. The summed E-state index contributed by atoms with van der Waals surface area (Å²) in [5, 5.41) is 0. The van der Waals surface area contributed by atoms with Crippen molar-refractivity contribution in [2.45, 2.75) is 32.3 Å². The van der Waals surface area contributed by atoms with Gasteiger partial charge in [0, 0.05) is 6.61 Å². The predicted molar refractivity (Wildman–Crippen MR) is 60.3 cm³/mol. The Kier molecular flexibility index (Phi) is 3.62. The van der Waals surface area contributed by atoms with Gasteiger partial charge in [-0.2, -0.15) is 0 Å². The summed E-state index contributed by atoms with van der Waals surface area (Å²) in [5.41, 5.74) is 1.32. The first kappa shape index (κ1) is 10.5. The second-order valence-electron chi connectivity index (χ2n) is 3.95. The molecule has 0 N–H and O–H groups in total. The molecule has 2 rings (SSSR count). The monoisotopic (exact) mass is 206 g/mol. The van der Waals surface area contributed by atoms with E-state index in [4.69, 9.17) is 9.47 Å². The Morgan fingerprint density at radius 1 is 1.47 bits per heavy atom. The van der Waals surface area contributed by atoms with Gasteiger partial charge in [0.05, 0.1) is 6.10 Å². The maximum absolute atomic E-state index is 5.71. The largest absolute Gasteiger partial charge is 0.491 e. The molecule has 1 aliphatic heterocycles. The SMILES string of the molecule is CCc1cccc(OCC2CCCO2)c1. The molecule has 82 valence electrons. The molecule has 1 heterocycles. The zero-order valence-corrected chi connectivity index (χ0v) is 9.24. The number of hydrogen-bond donors (Lipinski definition) is 0. The Balaban J connectivity index is 1.86. The standard InChI is InChI=1S/C13H18O2/c1-2-11-5-3-6-12(9-11)15-10-13-7-4-8-14-13/h3,5-6,9,13H,2,4,7-8,10H2,1H3. The van der Waals surface area contributed by atoms with Crippen LogP contribution in [-0.2, 0) is 11.2 Å². The topological polar surface area (TPSA) is 18.5 Å². The van der Waals surface area contributed by atoms with Gasteiger partial charge >= 0.3 is 0 Å². The van der Waals surface area contributed by atoms with Gasteiger partial charge in [-0.1, -0.05) is 19.1 Å². The van der Waals surface area contributed by atoms with Crippen LogP contribution >= 0.6 is 0 Å². The van der Waals surface area contributed by atoms with Crippen LogP contribution in [0.25, 0.3) is 0 Å². The van der Waals surface area contributed by atoms with Crippen LogP contribution in [0.2, 0.25) is 0 Å². The summed E-state index contributed by atoms with van der Waals surface area (Å²) in [5.74, 6) is 0.963. The van der Waals surface area contributed by atoms with Crippen LogP contribution in [0.15, 0.2) is 24.3 Å². The number of rotatable bonds is 4. The van der Waals surface area contributed by atoms with Crippen LogP contribution in [0.4, 0.5) is 0 Å². The smallest absolute Gasteiger partial charge is 0.119 e. The molecule has 0 saturated carbocycles. The molecule has 2 heteroatoms. The minimum absolute atomic E-state index is 0.301. The second kappa shape index (κ2) is 5.17. The van der Waals surface area contributed by atoms with E-state index in [-0.39, 0.29) is 0 Å². The molecule has 1 saturated heterocycles. The maximum Gasteiger partial charge on any atom is 0.119 e. The van der Waals surface area contributed by atoms with E-state index in [1.165, 1.54) is 12.0 Å². The van der Waals surface area contributed by atoms with E-state index < -0.39 is 0 Å². The molecule has 0 amide bonds. The van der Waals surface area contributed by atoms with Gasteiger partial charge in [-0.3, -0.25) is 0 Å². The zero-order chi connectivity index (χ0) is 10.5. The summed E-state index contributed by atoms with van der Waals surface area (Å²) < 4.78 is 11.2. The lowest BCUT2D eigenvalue weighted by molar-refractivity contribution is 0.0679. The molecule has 1 aliphatic rings. The Morgan fingerprint density at radius 2 is 2.40 bits per heavy atom. The lowest BCUT2D eigenvalue weighted by Gasteiger charge is -2.11. The molecule has 1 aromatic rings. The second-order valence-corrected chi connectivity index (χ2v) is 3.95. The lowest BCUT2D eigenvalue weighted by atomic mass is 10.2. The molecule has 15 heavy (non-hydrogen) atoms. The third-order valence-electron chi connectivity index (χ3n) is 2.77. The zero-order valence-electron chi connectivity index (χ0n) is 9.24. The van der Waals surface area contributed by atoms with Gasteiger partial charge in [0.1, 0.15) is 12.4 Å². The van der Waals surface area contributed by atoms with Crippen LogP contribution in [-0.4, -0.2) is 19.3 Å². The third-order valence-corrected chi connectivity index (χ3v) is 2.77. The Hall–Kier alpha value is -1.02. The quantitative estimate of drug-likeness (QED) is 0.754. The van der Waals surface area contributed by atoms with Crippen LogP contribution in [0.1, 0.15) is 25.3 Å². The van der Waals surface area contributed by atoms with Gasteiger partial charge in [0.25, 0.3) is 0 Å². The van der Waals surface area contributed by atoms with Gasteiger partial charge < -0.3 is 9.47 Å². The molecule has 1 atom stereocenters. The van der Waals surface area contributed by atoms with Crippen molar-refractivity contribution >= 4 is 0 Å². The number of benzene rings is 1. The van der Waals surface area contributed by atoms with E-state index >= 15 is 0 Å². The molecule has 0 aliphatic carbocycles. The van der Waals surface area contributed by atoms with Crippen LogP contribution < -0.4 is 4.74 Å². The fourth-order valence-electron chi connectivity index (χ4n) is 1.82. The third kappa shape index (κ3) is 2.96. The number of ether oxygens (including phenoxy) is 2. The van der Waals surface area contributed by atoms with E-state index in [0.29, 0.717) is 12.7 Å². The van der Waals surface area contributed by atoms with Gasteiger partial charge in [0.15, 0.2) is 0 Å². The van der Waals surface area contributed by atoms with Crippen LogP contribution in [0, 0.1) is 0 Å². The van der Waals surface area contributed by atoms with Crippen molar-refractivity contribution in [1.82, 2.24) is 0 Å². The number of hydrogen-bond acceptors (Lipinski definition) is 2. The normalized spacial score (nSPS) is 20.5. The van der Waals surface area contributed by atoms with Gasteiger partial charge in [-0.05, 0) is 37.0 Å². The molecule has 0 radical (unpaired) electrons. The highest BCUT2D eigenvalue weighted by atomic mass is 16.5. The summed E-state index contributed by atoms with van der Waals surface area (Å²) in [4.78, 5) is 0. The van der Waals surface area contributed by atoms with Crippen molar-refractivity contribution in [3.05, 3.63) is 29.8 Å². The first-order valence-electron chi connectivity index (χ1n) is 5.72. The van der Waals surface area contributed by atoms with Crippen molar-refractivity contribution in [2.24, 2.45) is 0 Å². The molecule has 2 nitrogen and oxygen atoms in total. The summed E-state index contributed by atoms with van der Waals surface area (Å²) in [7, 11) is 0. The minimum Gasteiger partial charge on any atom is -0.491 e. The lowest BCUT2D eigenvalue weighted by Crippen LogP contribution is -2.16.